The Morgan fingerprint density at radius 2 is 1.96 bits per heavy atom. The molecule has 1 aliphatic heterocycles. The van der Waals surface area contributed by atoms with Crippen LogP contribution < -0.4 is 10.2 Å². The molecule has 1 heterocycles. The summed E-state index contributed by atoms with van der Waals surface area (Å²) in [6.07, 6.45) is 0. The van der Waals surface area contributed by atoms with Crippen molar-refractivity contribution < 1.29 is 9.53 Å². The smallest absolute Gasteiger partial charge is 0.252 e. The van der Waals surface area contributed by atoms with Gasteiger partial charge in [-0.15, -0.1) is 0 Å². The molecule has 1 N–H and O–H groups in total. The highest BCUT2D eigenvalue weighted by molar-refractivity contribution is 6.20. The lowest BCUT2D eigenvalue weighted by molar-refractivity contribution is -0.119. The molecule has 136 valence electrons. The van der Waals surface area contributed by atoms with Crippen molar-refractivity contribution in [1.29, 1.82) is 0 Å². The monoisotopic (exact) mass is 351 g/mol. The number of nitrogens with one attached hydrogen (secondary N) is 1. The first-order valence-corrected chi connectivity index (χ1v) is 8.83. The van der Waals surface area contributed by atoms with Crippen LogP contribution in [0.5, 0.6) is 0 Å². The van der Waals surface area contributed by atoms with Crippen LogP contribution in [0.15, 0.2) is 53.5 Å². The maximum atomic E-state index is 13.0. The number of benzodiazepines with no additional fused rings is 1. The summed E-state index contributed by atoms with van der Waals surface area (Å²) in [5.74, 6) is -0.00838. The average Bonchev–Trinajstić information content (AvgIpc) is 2.76. The molecule has 0 radical (unpaired) electrons. The van der Waals surface area contributed by atoms with Gasteiger partial charge in [-0.3, -0.25) is 9.79 Å². The number of aryl methyl sites for hydroxylation is 1. The lowest BCUT2D eigenvalue weighted by Gasteiger charge is -2.21. The second-order valence-corrected chi connectivity index (χ2v) is 6.47. The summed E-state index contributed by atoms with van der Waals surface area (Å²) < 4.78 is 5.06. The van der Waals surface area contributed by atoms with E-state index in [4.69, 9.17) is 9.73 Å². The Hall–Kier alpha value is -2.50. The number of nitrogens with zero attached hydrogens (tertiary/aromatic N) is 2. The number of rotatable bonds is 6. The van der Waals surface area contributed by atoms with E-state index >= 15 is 0 Å². The molecule has 1 amide bonds. The van der Waals surface area contributed by atoms with Gasteiger partial charge in [-0.25, -0.2) is 0 Å². The number of amides is 1. The van der Waals surface area contributed by atoms with Crippen LogP contribution in [-0.2, 0) is 9.53 Å². The molecule has 0 saturated carbocycles. The van der Waals surface area contributed by atoms with Gasteiger partial charge < -0.3 is 15.0 Å². The molecular formula is C21H25N3O2. The van der Waals surface area contributed by atoms with Crippen LogP contribution in [0.25, 0.3) is 0 Å². The van der Waals surface area contributed by atoms with Gasteiger partial charge in [-0.05, 0) is 19.1 Å². The number of carbonyl (C=O) groups excluding carboxylic acids is 1. The summed E-state index contributed by atoms with van der Waals surface area (Å²) in [6.45, 7) is 3.83. The molecule has 2 aromatic carbocycles. The van der Waals surface area contributed by atoms with E-state index in [2.05, 4.69) is 18.3 Å². The number of likely N-dealkylation sites (N-methyl/N-ethyl adjacent to an activating group) is 1. The molecular weight excluding hydrogens is 326 g/mol. The van der Waals surface area contributed by atoms with E-state index in [-0.39, 0.29) is 5.91 Å². The summed E-state index contributed by atoms with van der Waals surface area (Å²) >= 11 is 0. The minimum Gasteiger partial charge on any atom is -0.383 e. The van der Waals surface area contributed by atoms with Gasteiger partial charge in [0.05, 0.1) is 18.0 Å². The third-order valence-corrected chi connectivity index (χ3v) is 4.54. The molecule has 1 aliphatic rings. The van der Waals surface area contributed by atoms with Crippen LogP contribution >= 0.6 is 0 Å². The Bertz CT molecular complexity index is 802. The SMILES string of the molecule is COCCNCC1N=C(c2ccccc2)c2cc(C)ccc2N(C)C1=O. The first-order chi connectivity index (χ1) is 12.6. The highest BCUT2D eigenvalue weighted by Crippen LogP contribution is 2.28. The third-order valence-electron chi connectivity index (χ3n) is 4.54. The first kappa shape index (κ1) is 18.3. The van der Waals surface area contributed by atoms with Gasteiger partial charge in [-0.2, -0.15) is 0 Å². The van der Waals surface area contributed by atoms with Gasteiger partial charge in [0.15, 0.2) is 0 Å². The fraction of sp³-hybridized carbons (Fsp3) is 0.333. The normalized spacial score (nSPS) is 16.9. The zero-order valence-corrected chi connectivity index (χ0v) is 15.5. The van der Waals surface area contributed by atoms with Crippen molar-refractivity contribution in [3.05, 3.63) is 65.2 Å². The van der Waals surface area contributed by atoms with Crippen molar-refractivity contribution >= 4 is 17.3 Å². The van der Waals surface area contributed by atoms with Crippen molar-refractivity contribution in [3.63, 3.8) is 0 Å². The Morgan fingerprint density at radius 3 is 2.69 bits per heavy atom. The van der Waals surface area contributed by atoms with Crippen molar-refractivity contribution in [3.8, 4) is 0 Å². The van der Waals surface area contributed by atoms with Crippen molar-refractivity contribution in [1.82, 2.24) is 5.32 Å². The zero-order valence-electron chi connectivity index (χ0n) is 15.5. The Balaban J connectivity index is 2.04. The molecule has 3 rings (SSSR count). The molecule has 0 bridgehead atoms. The number of aliphatic imine (C=N–C) groups is 1. The molecule has 0 saturated heterocycles. The Morgan fingerprint density at radius 1 is 1.19 bits per heavy atom. The van der Waals surface area contributed by atoms with Crippen LogP contribution in [0.2, 0.25) is 0 Å². The zero-order chi connectivity index (χ0) is 18.5. The van der Waals surface area contributed by atoms with E-state index in [9.17, 15) is 4.79 Å². The van der Waals surface area contributed by atoms with Gasteiger partial charge in [0.1, 0.15) is 6.04 Å². The molecule has 0 fully saturated rings. The summed E-state index contributed by atoms with van der Waals surface area (Å²) in [7, 11) is 3.49. The predicted octanol–water partition coefficient (Wildman–Crippen LogP) is 2.41. The second kappa shape index (κ2) is 8.25. The molecule has 1 atom stereocenters. The van der Waals surface area contributed by atoms with Crippen LogP contribution in [0, 0.1) is 6.92 Å². The number of anilines is 1. The van der Waals surface area contributed by atoms with Gasteiger partial charge >= 0.3 is 0 Å². The summed E-state index contributed by atoms with van der Waals surface area (Å²) in [6, 6.07) is 15.7. The van der Waals surface area contributed by atoms with E-state index in [1.54, 1.807) is 12.0 Å². The summed E-state index contributed by atoms with van der Waals surface area (Å²) in [4.78, 5) is 19.6. The van der Waals surface area contributed by atoms with E-state index < -0.39 is 6.04 Å². The Labute approximate surface area is 154 Å². The topological polar surface area (TPSA) is 53.9 Å². The maximum absolute atomic E-state index is 13.0. The van der Waals surface area contributed by atoms with Crippen molar-refractivity contribution in [2.75, 3.05) is 38.8 Å². The van der Waals surface area contributed by atoms with Crippen LogP contribution in [0.4, 0.5) is 5.69 Å². The Kier molecular flexibility index (Phi) is 5.81. The standard InChI is InChI=1S/C21H25N3O2/c1-15-9-10-19-17(13-15)20(16-7-5-4-6-8-16)23-18(21(25)24(19)2)14-22-11-12-26-3/h4-10,13,18,22H,11-12,14H2,1-3H3. The first-order valence-electron chi connectivity index (χ1n) is 8.83. The van der Waals surface area contributed by atoms with Gasteiger partial charge in [0, 0.05) is 38.4 Å². The fourth-order valence-electron chi connectivity index (χ4n) is 3.13. The van der Waals surface area contributed by atoms with E-state index in [1.165, 1.54) is 0 Å². The number of ether oxygens (including phenoxy) is 1. The highest BCUT2D eigenvalue weighted by Gasteiger charge is 2.29. The molecule has 5 nitrogen and oxygen atoms in total. The van der Waals surface area contributed by atoms with Gasteiger partial charge in [0.2, 0.25) is 0 Å². The predicted molar refractivity (Wildman–Crippen MR) is 105 cm³/mol. The van der Waals surface area contributed by atoms with E-state index in [0.29, 0.717) is 19.7 Å². The third kappa shape index (κ3) is 3.84. The van der Waals surface area contributed by atoms with Crippen molar-refractivity contribution in [2.45, 2.75) is 13.0 Å². The quantitative estimate of drug-likeness (QED) is 0.813. The van der Waals surface area contributed by atoms with Crippen LogP contribution in [-0.4, -0.2) is 51.5 Å². The van der Waals surface area contributed by atoms with Gasteiger partial charge in [-0.1, -0.05) is 42.0 Å². The fourth-order valence-corrected chi connectivity index (χ4v) is 3.13. The van der Waals surface area contributed by atoms with Crippen molar-refractivity contribution in [2.24, 2.45) is 4.99 Å². The number of benzene rings is 2. The lowest BCUT2D eigenvalue weighted by atomic mass is 9.98. The molecule has 1 unspecified atom stereocenters. The van der Waals surface area contributed by atoms with Crippen LogP contribution in [0.1, 0.15) is 16.7 Å². The van der Waals surface area contributed by atoms with Crippen LogP contribution in [0.3, 0.4) is 0 Å². The lowest BCUT2D eigenvalue weighted by Crippen LogP contribution is -2.41. The number of methoxy groups -OCH3 is 1. The second-order valence-electron chi connectivity index (χ2n) is 6.47. The molecule has 2 aromatic rings. The number of hydrogen-bond donors (Lipinski definition) is 1. The molecule has 5 heteroatoms. The maximum Gasteiger partial charge on any atom is 0.252 e. The van der Waals surface area contributed by atoms with E-state index in [0.717, 1.165) is 28.1 Å². The average molecular weight is 351 g/mol. The minimum atomic E-state index is -0.472. The number of hydrogen-bond acceptors (Lipinski definition) is 4. The molecule has 0 aliphatic carbocycles. The number of fused-ring (bicyclic) bond motifs is 1. The van der Waals surface area contributed by atoms with Gasteiger partial charge in [0.25, 0.3) is 5.91 Å². The summed E-state index contributed by atoms with van der Waals surface area (Å²) in [5.41, 5.74) is 4.91. The van der Waals surface area contributed by atoms with E-state index in [1.807, 2.05) is 49.5 Å². The summed E-state index contributed by atoms with van der Waals surface area (Å²) in [5, 5.41) is 3.27. The largest absolute Gasteiger partial charge is 0.383 e. The minimum absolute atomic E-state index is 0.00838. The molecule has 0 spiro atoms. The number of carbonyl (C=O) groups is 1. The molecule has 26 heavy (non-hydrogen) atoms. The molecule has 0 aromatic heterocycles. The highest BCUT2D eigenvalue weighted by atomic mass is 16.5.